The topological polar surface area (TPSA) is 53.7 Å². The highest BCUT2D eigenvalue weighted by Crippen LogP contribution is 2.32. The number of fused-ring (bicyclic) bond motifs is 1. The highest BCUT2D eigenvalue weighted by atomic mass is 35.5. The number of rotatable bonds is 7. The monoisotopic (exact) mass is 447 g/mol. The lowest BCUT2D eigenvalue weighted by atomic mass is 10.0. The fraction of sp³-hybridized carbons (Fsp3) is 0.375. The van der Waals surface area contributed by atoms with Crippen molar-refractivity contribution in [2.75, 3.05) is 13.1 Å². The van der Waals surface area contributed by atoms with Crippen molar-refractivity contribution in [3.8, 4) is 16.9 Å². The number of phenolic OH excluding ortho intramolecular Hbond substituents is 1. The minimum atomic E-state index is -0.194. The molecule has 0 aliphatic carbocycles. The average molecular weight is 448 g/mol. The summed E-state index contributed by atoms with van der Waals surface area (Å²) in [5.41, 5.74) is 1.77. The van der Waals surface area contributed by atoms with Crippen molar-refractivity contribution in [3.05, 3.63) is 62.4 Å². The van der Waals surface area contributed by atoms with E-state index >= 15 is 0 Å². The molecular weight excluding hydrogens is 421 g/mol. The van der Waals surface area contributed by atoms with Gasteiger partial charge in [0.2, 0.25) is 5.43 Å². The Labute approximate surface area is 187 Å². The predicted octanol–water partition coefficient (Wildman–Crippen LogP) is 6.59. The highest BCUT2D eigenvalue weighted by molar-refractivity contribution is 6.36. The molecule has 1 N–H and O–H groups in total. The summed E-state index contributed by atoms with van der Waals surface area (Å²) in [5, 5.41) is 11.8. The van der Waals surface area contributed by atoms with E-state index in [4.69, 9.17) is 27.6 Å². The molecule has 0 atom stereocenters. The lowest BCUT2D eigenvalue weighted by Gasteiger charge is -2.26. The maximum atomic E-state index is 13.2. The minimum Gasteiger partial charge on any atom is -0.507 e. The third-order valence-electron chi connectivity index (χ3n) is 4.87. The van der Waals surface area contributed by atoms with E-state index in [9.17, 15) is 9.90 Å². The number of hydrogen-bond acceptors (Lipinski definition) is 4. The van der Waals surface area contributed by atoms with Gasteiger partial charge in [0.25, 0.3) is 0 Å². The largest absolute Gasteiger partial charge is 0.507 e. The van der Waals surface area contributed by atoms with Crippen LogP contribution in [0.25, 0.3) is 22.1 Å². The first-order valence-electron chi connectivity index (χ1n) is 10.1. The van der Waals surface area contributed by atoms with Crippen molar-refractivity contribution in [3.63, 3.8) is 0 Å². The van der Waals surface area contributed by atoms with Gasteiger partial charge in [-0.3, -0.25) is 9.69 Å². The highest BCUT2D eigenvalue weighted by Gasteiger charge is 2.19. The molecule has 1 heterocycles. The number of hydrogen-bond donors (Lipinski definition) is 1. The summed E-state index contributed by atoms with van der Waals surface area (Å²) in [7, 11) is 0. The molecule has 0 fully saturated rings. The maximum Gasteiger partial charge on any atom is 0.200 e. The molecule has 0 amide bonds. The standard InChI is InChI=1S/C24H27Cl2NO3/c1-14(2)10-27(11-15(3)4)12-19-22(28)8-7-18-23(29)20(13-30-24(18)19)17-6-5-16(25)9-21(17)26/h5-9,13-15,28H,10-12H2,1-4H3. The fourth-order valence-electron chi connectivity index (χ4n) is 3.75. The molecular formula is C24H27Cl2NO3. The van der Waals surface area contributed by atoms with Crippen LogP contribution in [0.5, 0.6) is 5.75 Å². The molecule has 0 spiro atoms. The molecule has 30 heavy (non-hydrogen) atoms. The van der Waals surface area contributed by atoms with E-state index in [0.717, 1.165) is 13.1 Å². The second-order valence-electron chi connectivity index (χ2n) is 8.52. The van der Waals surface area contributed by atoms with Crippen molar-refractivity contribution in [2.24, 2.45) is 11.8 Å². The lowest BCUT2D eigenvalue weighted by molar-refractivity contribution is 0.209. The number of nitrogens with zero attached hydrogens (tertiary/aromatic N) is 1. The Bertz CT molecular complexity index is 1100. The van der Waals surface area contributed by atoms with Crippen LogP contribution in [-0.4, -0.2) is 23.1 Å². The van der Waals surface area contributed by atoms with Gasteiger partial charge in [-0.05, 0) is 36.1 Å². The maximum absolute atomic E-state index is 13.2. The van der Waals surface area contributed by atoms with Gasteiger partial charge in [0.1, 0.15) is 17.6 Å². The van der Waals surface area contributed by atoms with Crippen molar-refractivity contribution in [1.82, 2.24) is 4.90 Å². The van der Waals surface area contributed by atoms with Crippen molar-refractivity contribution < 1.29 is 9.52 Å². The molecule has 160 valence electrons. The summed E-state index contributed by atoms with van der Waals surface area (Å²) in [4.78, 5) is 15.5. The number of halogens is 2. The molecule has 3 rings (SSSR count). The molecule has 0 aliphatic heterocycles. The average Bonchev–Trinajstić information content (AvgIpc) is 2.64. The second-order valence-corrected chi connectivity index (χ2v) is 9.37. The molecule has 0 radical (unpaired) electrons. The molecule has 4 nitrogen and oxygen atoms in total. The van der Waals surface area contributed by atoms with Gasteiger partial charge in [-0.25, -0.2) is 0 Å². The molecule has 0 unspecified atom stereocenters. The molecule has 2 aromatic carbocycles. The van der Waals surface area contributed by atoms with Crippen molar-refractivity contribution in [2.45, 2.75) is 34.2 Å². The Morgan fingerprint density at radius 3 is 2.27 bits per heavy atom. The van der Waals surface area contributed by atoms with Crippen LogP contribution in [0.2, 0.25) is 10.0 Å². The zero-order chi connectivity index (χ0) is 22.0. The molecule has 0 saturated carbocycles. The Balaban J connectivity index is 2.09. The van der Waals surface area contributed by atoms with Crippen LogP contribution in [-0.2, 0) is 6.54 Å². The zero-order valence-electron chi connectivity index (χ0n) is 17.7. The zero-order valence-corrected chi connectivity index (χ0v) is 19.2. The SMILES string of the molecule is CC(C)CN(Cc1c(O)ccc2c(=O)c(-c3ccc(Cl)cc3Cl)coc12)CC(C)C. The molecule has 1 aromatic heterocycles. The summed E-state index contributed by atoms with van der Waals surface area (Å²) in [6.45, 7) is 10.9. The van der Waals surface area contributed by atoms with Crippen LogP contribution in [0.15, 0.2) is 45.8 Å². The van der Waals surface area contributed by atoms with Gasteiger partial charge in [0.05, 0.1) is 21.5 Å². The molecule has 3 aromatic rings. The van der Waals surface area contributed by atoms with Crippen molar-refractivity contribution >= 4 is 34.2 Å². The Morgan fingerprint density at radius 2 is 1.67 bits per heavy atom. The van der Waals surface area contributed by atoms with Gasteiger partial charge >= 0.3 is 0 Å². The summed E-state index contributed by atoms with van der Waals surface area (Å²) < 4.78 is 5.91. The summed E-state index contributed by atoms with van der Waals surface area (Å²) >= 11 is 12.3. The first-order chi connectivity index (χ1) is 14.2. The van der Waals surface area contributed by atoms with Gasteiger partial charge in [0.15, 0.2) is 0 Å². The normalized spacial score (nSPS) is 11.9. The van der Waals surface area contributed by atoms with Gasteiger partial charge in [0, 0.05) is 30.2 Å². The summed E-state index contributed by atoms with van der Waals surface area (Å²) in [6.07, 6.45) is 1.41. The third kappa shape index (κ3) is 5.00. The summed E-state index contributed by atoms with van der Waals surface area (Å²) in [6, 6.07) is 8.15. The second kappa shape index (κ2) is 9.42. The van der Waals surface area contributed by atoms with E-state index in [0.29, 0.717) is 56.1 Å². The molecule has 6 heteroatoms. The Hall–Kier alpha value is -2.01. The first kappa shape index (κ1) is 22.7. The predicted molar refractivity (Wildman–Crippen MR) is 125 cm³/mol. The van der Waals surface area contributed by atoms with Crippen molar-refractivity contribution in [1.29, 1.82) is 0 Å². The van der Waals surface area contributed by atoms with E-state index in [1.807, 2.05) is 0 Å². The van der Waals surface area contributed by atoms with Crippen LogP contribution in [0, 0.1) is 11.8 Å². The number of benzene rings is 2. The first-order valence-corrected chi connectivity index (χ1v) is 10.9. The number of phenols is 1. The quantitative estimate of drug-likeness (QED) is 0.443. The van der Waals surface area contributed by atoms with Gasteiger partial charge < -0.3 is 9.52 Å². The van der Waals surface area contributed by atoms with E-state index in [1.54, 1.807) is 30.3 Å². The van der Waals surface area contributed by atoms with E-state index < -0.39 is 0 Å². The van der Waals surface area contributed by atoms with Crippen LogP contribution in [0.3, 0.4) is 0 Å². The van der Waals surface area contributed by atoms with Crippen LogP contribution < -0.4 is 5.43 Å². The smallest absolute Gasteiger partial charge is 0.200 e. The van der Waals surface area contributed by atoms with Crippen LogP contribution >= 0.6 is 23.2 Å². The van der Waals surface area contributed by atoms with E-state index in [2.05, 4.69) is 32.6 Å². The van der Waals surface area contributed by atoms with Gasteiger partial charge in [-0.2, -0.15) is 0 Å². The molecule has 0 bridgehead atoms. The lowest BCUT2D eigenvalue weighted by Crippen LogP contribution is -2.31. The fourth-order valence-corrected chi connectivity index (χ4v) is 4.26. The van der Waals surface area contributed by atoms with E-state index in [1.165, 1.54) is 6.26 Å². The molecule has 0 aliphatic rings. The van der Waals surface area contributed by atoms with Gasteiger partial charge in [-0.1, -0.05) is 57.0 Å². The Morgan fingerprint density at radius 1 is 1.00 bits per heavy atom. The van der Waals surface area contributed by atoms with Gasteiger partial charge in [-0.15, -0.1) is 0 Å². The summed E-state index contributed by atoms with van der Waals surface area (Å²) in [5.74, 6) is 1.08. The Kier molecular flexibility index (Phi) is 7.12. The number of aromatic hydroxyl groups is 1. The molecule has 0 saturated heterocycles. The minimum absolute atomic E-state index is 0.125. The van der Waals surface area contributed by atoms with Crippen LogP contribution in [0.4, 0.5) is 0 Å². The third-order valence-corrected chi connectivity index (χ3v) is 5.42. The van der Waals surface area contributed by atoms with Crippen LogP contribution in [0.1, 0.15) is 33.3 Å². The van der Waals surface area contributed by atoms with E-state index in [-0.39, 0.29) is 11.2 Å².